The van der Waals surface area contributed by atoms with Crippen molar-refractivity contribution >= 4 is 0 Å². The van der Waals surface area contributed by atoms with Crippen LogP contribution in [0.1, 0.15) is 19.4 Å². The van der Waals surface area contributed by atoms with E-state index in [9.17, 15) is 0 Å². The van der Waals surface area contributed by atoms with Gasteiger partial charge >= 0.3 is 0 Å². The maximum Gasteiger partial charge on any atom is 0.0397 e. The molecule has 0 fully saturated rings. The molecule has 12 heavy (non-hydrogen) atoms. The first-order valence-corrected chi connectivity index (χ1v) is 4.23. The fraction of sp³-hybridized carbons (Fsp3) is 0.273. The Balaban J connectivity index is 2.44. The van der Waals surface area contributed by atoms with Crippen LogP contribution >= 0.6 is 0 Å². The van der Waals surface area contributed by atoms with Gasteiger partial charge in [-0.1, -0.05) is 36.4 Å². The smallest absolute Gasteiger partial charge is 0.0397 e. The summed E-state index contributed by atoms with van der Waals surface area (Å²) in [7, 11) is 0. The molecular weight excluding hydrogens is 146 g/mol. The quantitative estimate of drug-likeness (QED) is 0.718. The van der Waals surface area contributed by atoms with Crippen molar-refractivity contribution in [3.8, 4) is 0 Å². The molecule has 1 aromatic carbocycles. The van der Waals surface area contributed by atoms with Crippen molar-refractivity contribution in [1.82, 2.24) is 5.32 Å². The van der Waals surface area contributed by atoms with Gasteiger partial charge in [-0.15, -0.1) is 0 Å². The summed E-state index contributed by atoms with van der Waals surface area (Å²) in [5.41, 5.74) is 2.54. The Labute approximate surface area is 74.1 Å². The Kier molecular flexibility index (Phi) is 3.39. The Morgan fingerprint density at radius 3 is 2.58 bits per heavy atom. The Hall–Kier alpha value is -1.24. The molecule has 1 aromatic rings. The Morgan fingerprint density at radius 2 is 2.00 bits per heavy atom. The highest BCUT2D eigenvalue weighted by atomic mass is 14.9. The van der Waals surface area contributed by atoms with Gasteiger partial charge in [-0.3, -0.25) is 0 Å². The number of benzene rings is 1. The zero-order valence-electron chi connectivity index (χ0n) is 7.67. The van der Waals surface area contributed by atoms with Crippen LogP contribution in [-0.2, 0) is 6.54 Å². The molecule has 0 aliphatic carbocycles. The molecule has 0 aliphatic rings. The first-order chi connectivity index (χ1) is 5.83. The summed E-state index contributed by atoms with van der Waals surface area (Å²) < 4.78 is 0. The molecule has 1 rings (SSSR count). The molecule has 0 unspecified atom stereocenters. The second-order valence-electron chi connectivity index (χ2n) is 2.81. The monoisotopic (exact) mass is 161 g/mol. The number of allylic oxidation sites excluding steroid dienone is 2. The minimum absolute atomic E-state index is 0.914. The summed E-state index contributed by atoms with van der Waals surface area (Å²) in [6, 6.07) is 10.4. The van der Waals surface area contributed by atoms with Gasteiger partial charge in [-0.2, -0.15) is 0 Å². The molecule has 1 nitrogen and oxygen atoms in total. The number of hydrogen-bond acceptors (Lipinski definition) is 1. The van der Waals surface area contributed by atoms with Crippen LogP contribution in [0.2, 0.25) is 0 Å². The Bertz CT molecular complexity index is 249. The van der Waals surface area contributed by atoms with E-state index in [1.54, 1.807) is 0 Å². The van der Waals surface area contributed by atoms with Gasteiger partial charge in [0.15, 0.2) is 0 Å². The zero-order chi connectivity index (χ0) is 8.81. The lowest BCUT2D eigenvalue weighted by molar-refractivity contribution is 0.810. The van der Waals surface area contributed by atoms with Gasteiger partial charge in [-0.25, -0.2) is 0 Å². The molecule has 0 aliphatic heterocycles. The van der Waals surface area contributed by atoms with E-state index in [1.165, 1.54) is 11.3 Å². The van der Waals surface area contributed by atoms with E-state index < -0.39 is 0 Å². The summed E-state index contributed by atoms with van der Waals surface area (Å²) in [6.07, 6.45) is 2.07. The van der Waals surface area contributed by atoms with Crippen LogP contribution in [0.25, 0.3) is 0 Å². The van der Waals surface area contributed by atoms with Crippen molar-refractivity contribution < 1.29 is 0 Å². The lowest BCUT2D eigenvalue weighted by Gasteiger charge is -2.05. The van der Waals surface area contributed by atoms with Crippen LogP contribution < -0.4 is 5.32 Å². The maximum absolute atomic E-state index is 3.31. The third kappa shape index (κ3) is 2.79. The fourth-order valence-electron chi connectivity index (χ4n) is 0.939. The minimum atomic E-state index is 0.914. The molecule has 0 bridgehead atoms. The van der Waals surface area contributed by atoms with E-state index in [0.717, 1.165) is 6.54 Å². The van der Waals surface area contributed by atoms with Crippen LogP contribution in [0, 0.1) is 0 Å². The minimum Gasteiger partial charge on any atom is -0.385 e. The highest BCUT2D eigenvalue weighted by Crippen LogP contribution is 1.98. The third-order valence-corrected chi connectivity index (χ3v) is 1.85. The van der Waals surface area contributed by atoms with Gasteiger partial charge in [0.2, 0.25) is 0 Å². The average molecular weight is 161 g/mol. The summed E-state index contributed by atoms with van der Waals surface area (Å²) in [4.78, 5) is 0. The number of nitrogens with one attached hydrogen (secondary N) is 1. The molecule has 0 radical (unpaired) electrons. The molecule has 0 spiro atoms. The molecule has 0 heterocycles. The van der Waals surface area contributed by atoms with Crippen LogP contribution in [0.15, 0.2) is 42.1 Å². The fourth-order valence-corrected chi connectivity index (χ4v) is 0.939. The summed E-state index contributed by atoms with van der Waals surface area (Å²) in [5, 5.41) is 3.31. The van der Waals surface area contributed by atoms with Crippen molar-refractivity contribution in [3.63, 3.8) is 0 Å². The SMILES string of the molecule is C/C=C(\C)NCc1ccccc1. The lowest BCUT2D eigenvalue weighted by atomic mass is 10.2. The van der Waals surface area contributed by atoms with Crippen LogP contribution in [0.5, 0.6) is 0 Å². The molecule has 0 atom stereocenters. The van der Waals surface area contributed by atoms with E-state index in [-0.39, 0.29) is 0 Å². The predicted octanol–water partition coefficient (Wildman–Crippen LogP) is 2.70. The average Bonchev–Trinajstić information content (AvgIpc) is 2.16. The molecule has 1 heteroatoms. The highest BCUT2D eigenvalue weighted by Gasteiger charge is 1.88. The van der Waals surface area contributed by atoms with E-state index in [4.69, 9.17) is 0 Å². The number of rotatable bonds is 3. The highest BCUT2D eigenvalue weighted by molar-refractivity contribution is 5.15. The normalized spacial score (nSPS) is 11.3. The molecular formula is C11H15N. The zero-order valence-corrected chi connectivity index (χ0v) is 7.67. The number of hydrogen-bond donors (Lipinski definition) is 1. The van der Waals surface area contributed by atoms with Gasteiger partial charge in [-0.05, 0) is 19.4 Å². The summed E-state index contributed by atoms with van der Waals surface area (Å²) in [5.74, 6) is 0. The first-order valence-electron chi connectivity index (χ1n) is 4.23. The topological polar surface area (TPSA) is 12.0 Å². The van der Waals surface area contributed by atoms with Crippen LogP contribution in [0.4, 0.5) is 0 Å². The van der Waals surface area contributed by atoms with E-state index >= 15 is 0 Å². The second kappa shape index (κ2) is 4.60. The summed E-state index contributed by atoms with van der Waals surface area (Å²) in [6.45, 7) is 5.02. The van der Waals surface area contributed by atoms with Crippen molar-refractivity contribution in [2.45, 2.75) is 20.4 Å². The lowest BCUT2D eigenvalue weighted by Crippen LogP contribution is -2.09. The van der Waals surface area contributed by atoms with Crippen LogP contribution in [0.3, 0.4) is 0 Å². The first kappa shape index (κ1) is 8.85. The summed E-state index contributed by atoms with van der Waals surface area (Å²) >= 11 is 0. The van der Waals surface area contributed by atoms with E-state index in [1.807, 2.05) is 13.0 Å². The second-order valence-corrected chi connectivity index (χ2v) is 2.81. The molecule has 0 saturated heterocycles. The molecule has 0 saturated carbocycles. The predicted molar refractivity (Wildman–Crippen MR) is 52.7 cm³/mol. The van der Waals surface area contributed by atoms with Gasteiger partial charge in [0.1, 0.15) is 0 Å². The maximum atomic E-state index is 3.31. The molecule has 0 amide bonds. The van der Waals surface area contributed by atoms with Crippen molar-refractivity contribution in [2.24, 2.45) is 0 Å². The van der Waals surface area contributed by atoms with Crippen molar-refractivity contribution in [3.05, 3.63) is 47.7 Å². The molecule has 1 N–H and O–H groups in total. The van der Waals surface area contributed by atoms with E-state index in [2.05, 4.69) is 42.6 Å². The van der Waals surface area contributed by atoms with Gasteiger partial charge in [0.25, 0.3) is 0 Å². The standard InChI is InChI=1S/C11H15N/c1-3-10(2)12-9-11-7-5-4-6-8-11/h3-8,12H,9H2,1-2H3/b10-3+. The van der Waals surface area contributed by atoms with Crippen molar-refractivity contribution in [2.75, 3.05) is 0 Å². The largest absolute Gasteiger partial charge is 0.385 e. The molecule has 64 valence electrons. The van der Waals surface area contributed by atoms with E-state index in [0.29, 0.717) is 0 Å². The van der Waals surface area contributed by atoms with Gasteiger partial charge in [0.05, 0.1) is 0 Å². The van der Waals surface area contributed by atoms with Gasteiger partial charge < -0.3 is 5.32 Å². The Morgan fingerprint density at radius 1 is 1.33 bits per heavy atom. The molecule has 0 aromatic heterocycles. The third-order valence-electron chi connectivity index (χ3n) is 1.85. The van der Waals surface area contributed by atoms with Crippen LogP contribution in [-0.4, -0.2) is 0 Å². The van der Waals surface area contributed by atoms with Crippen molar-refractivity contribution in [1.29, 1.82) is 0 Å². The van der Waals surface area contributed by atoms with Gasteiger partial charge in [0, 0.05) is 12.2 Å².